The molecule has 0 aliphatic carbocycles. The molecule has 1 rings (SSSR count). The largest absolute Gasteiger partial charge is 0.496 e. The molecule has 1 aromatic carbocycles. The number of likely N-dealkylation sites (N-methyl/N-ethyl adjacent to an activating group) is 1. The first kappa shape index (κ1) is 15.5. The maximum absolute atomic E-state index is 12.1. The Balaban J connectivity index is 2.64. The third kappa shape index (κ3) is 4.56. The van der Waals surface area contributed by atoms with Crippen LogP contribution in [0.3, 0.4) is 0 Å². The highest BCUT2D eigenvalue weighted by atomic mass is 16.5. The topological polar surface area (TPSA) is 55.6 Å². The summed E-state index contributed by atoms with van der Waals surface area (Å²) in [6.45, 7) is 5.32. The van der Waals surface area contributed by atoms with E-state index in [2.05, 4.69) is 0 Å². The van der Waals surface area contributed by atoms with Crippen molar-refractivity contribution in [2.75, 3.05) is 27.2 Å². The number of benzene rings is 1. The number of nitrogens with two attached hydrogens (primary N) is 1. The second kappa shape index (κ2) is 7.14. The molecular formula is C15H24N2O2. The molecule has 0 fully saturated rings. The van der Waals surface area contributed by atoms with Crippen molar-refractivity contribution in [2.24, 2.45) is 11.7 Å². The Morgan fingerprint density at radius 1 is 1.47 bits per heavy atom. The van der Waals surface area contributed by atoms with Crippen molar-refractivity contribution in [3.8, 4) is 5.75 Å². The quantitative estimate of drug-likeness (QED) is 0.849. The fourth-order valence-electron chi connectivity index (χ4n) is 2.00. The summed E-state index contributed by atoms with van der Waals surface area (Å²) >= 11 is 0. The molecule has 2 N–H and O–H groups in total. The van der Waals surface area contributed by atoms with Crippen LogP contribution >= 0.6 is 0 Å². The van der Waals surface area contributed by atoms with Crippen LogP contribution in [0, 0.1) is 12.8 Å². The smallest absolute Gasteiger partial charge is 0.226 e. The molecule has 0 saturated heterocycles. The van der Waals surface area contributed by atoms with Gasteiger partial charge in [-0.25, -0.2) is 0 Å². The van der Waals surface area contributed by atoms with Crippen LogP contribution in [0.5, 0.6) is 5.75 Å². The minimum atomic E-state index is 0.116. The second-order valence-corrected chi connectivity index (χ2v) is 5.10. The van der Waals surface area contributed by atoms with Gasteiger partial charge in [-0.2, -0.15) is 0 Å². The van der Waals surface area contributed by atoms with Gasteiger partial charge in [-0.3, -0.25) is 4.79 Å². The van der Waals surface area contributed by atoms with E-state index in [0.29, 0.717) is 25.4 Å². The maximum Gasteiger partial charge on any atom is 0.226 e. The van der Waals surface area contributed by atoms with Gasteiger partial charge in [-0.05, 0) is 36.6 Å². The Bertz CT molecular complexity index is 432. The predicted octanol–water partition coefficient (Wildman–Crippen LogP) is 1.60. The summed E-state index contributed by atoms with van der Waals surface area (Å²) in [7, 11) is 3.47. The van der Waals surface area contributed by atoms with Gasteiger partial charge in [0.1, 0.15) is 5.75 Å². The van der Waals surface area contributed by atoms with E-state index < -0.39 is 0 Å². The summed E-state index contributed by atoms with van der Waals surface area (Å²) in [5, 5.41) is 0. The number of amides is 1. The SMILES string of the molecule is COc1ccc(CC(=O)N(C)CC(C)CN)cc1C. The molecule has 4 nitrogen and oxygen atoms in total. The molecule has 0 radical (unpaired) electrons. The van der Waals surface area contributed by atoms with E-state index in [1.165, 1.54) is 0 Å². The Kier molecular flexibility index (Phi) is 5.83. The molecule has 106 valence electrons. The number of hydrogen-bond acceptors (Lipinski definition) is 3. The summed E-state index contributed by atoms with van der Waals surface area (Å²) < 4.78 is 5.21. The van der Waals surface area contributed by atoms with Crippen LogP contribution in [-0.2, 0) is 11.2 Å². The van der Waals surface area contributed by atoms with Crippen molar-refractivity contribution in [1.82, 2.24) is 4.90 Å². The lowest BCUT2D eigenvalue weighted by Gasteiger charge is -2.21. The van der Waals surface area contributed by atoms with Crippen molar-refractivity contribution in [3.63, 3.8) is 0 Å². The normalized spacial score (nSPS) is 12.1. The van der Waals surface area contributed by atoms with E-state index in [1.807, 2.05) is 39.1 Å². The molecule has 0 spiro atoms. The van der Waals surface area contributed by atoms with Crippen LogP contribution in [0.4, 0.5) is 0 Å². The number of aryl methyl sites for hydroxylation is 1. The van der Waals surface area contributed by atoms with E-state index >= 15 is 0 Å². The molecule has 1 atom stereocenters. The van der Waals surface area contributed by atoms with Crippen LogP contribution in [-0.4, -0.2) is 38.1 Å². The van der Waals surface area contributed by atoms with Crippen LogP contribution in [0.2, 0.25) is 0 Å². The molecule has 1 amide bonds. The zero-order valence-corrected chi connectivity index (χ0v) is 12.3. The minimum absolute atomic E-state index is 0.116. The standard InChI is InChI=1S/C15H24N2O2/c1-11(9-16)10-17(3)15(18)8-13-5-6-14(19-4)12(2)7-13/h5-7,11H,8-10,16H2,1-4H3. The van der Waals surface area contributed by atoms with Gasteiger partial charge in [0.15, 0.2) is 0 Å². The van der Waals surface area contributed by atoms with Crippen LogP contribution in [0.1, 0.15) is 18.1 Å². The van der Waals surface area contributed by atoms with Crippen molar-refractivity contribution in [1.29, 1.82) is 0 Å². The third-order valence-electron chi connectivity index (χ3n) is 3.23. The monoisotopic (exact) mass is 264 g/mol. The number of carbonyl (C=O) groups is 1. The maximum atomic E-state index is 12.1. The van der Waals surface area contributed by atoms with Gasteiger partial charge in [-0.1, -0.05) is 19.1 Å². The highest BCUT2D eigenvalue weighted by Gasteiger charge is 2.12. The van der Waals surface area contributed by atoms with Gasteiger partial charge in [0.05, 0.1) is 13.5 Å². The Hall–Kier alpha value is -1.55. The molecule has 0 aliphatic rings. The number of rotatable bonds is 6. The number of nitrogens with zero attached hydrogens (tertiary/aromatic N) is 1. The van der Waals surface area contributed by atoms with E-state index in [-0.39, 0.29) is 5.91 Å². The van der Waals surface area contributed by atoms with Crippen LogP contribution in [0.25, 0.3) is 0 Å². The molecule has 4 heteroatoms. The molecule has 0 aromatic heterocycles. The van der Waals surface area contributed by atoms with Crippen LogP contribution < -0.4 is 10.5 Å². The first-order valence-corrected chi connectivity index (χ1v) is 6.55. The van der Waals surface area contributed by atoms with Gasteiger partial charge in [0.25, 0.3) is 0 Å². The van der Waals surface area contributed by atoms with Gasteiger partial charge in [0, 0.05) is 13.6 Å². The first-order chi connectivity index (χ1) is 8.97. The summed E-state index contributed by atoms with van der Waals surface area (Å²) in [6.07, 6.45) is 0.415. The van der Waals surface area contributed by atoms with E-state index in [9.17, 15) is 4.79 Å². The van der Waals surface area contributed by atoms with Crippen molar-refractivity contribution < 1.29 is 9.53 Å². The fourth-order valence-corrected chi connectivity index (χ4v) is 2.00. The average molecular weight is 264 g/mol. The highest BCUT2D eigenvalue weighted by molar-refractivity contribution is 5.78. The van der Waals surface area contributed by atoms with Crippen molar-refractivity contribution >= 4 is 5.91 Å². The lowest BCUT2D eigenvalue weighted by atomic mass is 10.1. The molecule has 0 aliphatic heterocycles. The van der Waals surface area contributed by atoms with Gasteiger partial charge in [-0.15, -0.1) is 0 Å². The fraction of sp³-hybridized carbons (Fsp3) is 0.533. The molecule has 1 aromatic rings. The molecular weight excluding hydrogens is 240 g/mol. The summed E-state index contributed by atoms with van der Waals surface area (Å²) in [4.78, 5) is 13.8. The third-order valence-corrected chi connectivity index (χ3v) is 3.23. The lowest BCUT2D eigenvalue weighted by Crippen LogP contribution is -2.34. The zero-order valence-electron chi connectivity index (χ0n) is 12.3. The van der Waals surface area contributed by atoms with Crippen molar-refractivity contribution in [3.05, 3.63) is 29.3 Å². The number of carbonyl (C=O) groups excluding carboxylic acids is 1. The molecule has 0 bridgehead atoms. The average Bonchev–Trinajstić information content (AvgIpc) is 2.38. The Morgan fingerprint density at radius 3 is 2.68 bits per heavy atom. The van der Waals surface area contributed by atoms with E-state index in [0.717, 1.165) is 16.9 Å². The summed E-state index contributed by atoms with van der Waals surface area (Å²) in [5.74, 6) is 1.29. The first-order valence-electron chi connectivity index (χ1n) is 6.55. The zero-order chi connectivity index (χ0) is 14.4. The van der Waals surface area contributed by atoms with Gasteiger partial charge >= 0.3 is 0 Å². The lowest BCUT2D eigenvalue weighted by molar-refractivity contribution is -0.129. The molecule has 0 saturated carbocycles. The molecule has 19 heavy (non-hydrogen) atoms. The highest BCUT2D eigenvalue weighted by Crippen LogP contribution is 2.19. The van der Waals surface area contributed by atoms with Crippen molar-refractivity contribution in [2.45, 2.75) is 20.3 Å². The van der Waals surface area contributed by atoms with E-state index in [1.54, 1.807) is 12.0 Å². The number of ether oxygens (including phenoxy) is 1. The van der Waals surface area contributed by atoms with E-state index in [4.69, 9.17) is 10.5 Å². The minimum Gasteiger partial charge on any atom is -0.496 e. The van der Waals surface area contributed by atoms with Gasteiger partial charge in [0.2, 0.25) is 5.91 Å². The molecule has 1 unspecified atom stereocenters. The summed E-state index contributed by atoms with van der Waals surface area (Å²) in [6, 6.07) is 5.83. The van der Waals surface area contributed by atoms with Gasteiger partial charge < -0.3 is 15.4 Å². The van der Waals surface area contributed by atoms with Crippen LogP contribution in [0.15, 0.2) is 18.2 Å². The second-order valence-electron chi connectivity index (χ2n) is 5.10. The number of hydrogen-bond donors (Lipinski definition) is 1. The molecule has 0 heterocycles. The Morgan fingerprint density at radius 2 is 2.16 bits per heavy atom. The summed E-state index contributed by atoms with van der Waals surface area (Å²) in [5.41, 5.74) is 7.63. The predicted molar refractivity (Wildman–Crippen MR) is 77.3 cm³/mol. The number of methoxy groups -OCH3 is 1. The Labute approximate surface area is 115 Å².